The third-order valence-electron chi connectivity index (χ3n) is 4.40. The first-order valence-electron chi connectivity index (χ1n) is 7.78. The average molecular weight is 284 g/mol. The lowest BCUT2D eigenvalue weighted by Crippen LogP contribution is -2.39. The van der Waals surface area contributed by atoms with Crippen molar-refractivity contribution in [3.63, 3.8) is 0 Å². The number of aryl methyl sites for hydroxylation is 2. The van der Waals surface area contributed by atoms with Crippen LogP contribution in [-0.4, -0.2) is 27.8 Å². The topological polar surface area (TPSA) is 47.1 Å². The van der Waals surface area contributed by atoms with E-state index in [1.165, 1.54) is 16.8 Å². The minimum atomic E-state index is 0.315. The highest BCUT2D eigenvalue weighted by Crippen LogP contribution is 2.30. The van der Waals surface area contributed by atoms with Gasteiger partial charge in [0.15, 0.2) is 0 Å². The third-order valence-corrected chi connectivity index (χ3v) is 4.40. The number of aromatic nitrogens is 2. The van der Waals surface area contributed by atoms with Crippen LogP contribution in [0.2, 0.25) is 0 Å². The molecule has 4 heteroatoms. The minimum Gasteiger partial charge on any atom is -0.329 e. The van der Waals surface area contributed by atoms with Crippen molar-refractivity contribution in [3.05, 3.63) is 52.8 Å². The van der Waals surface area contributed by atoms with E-state index in [4.69, 9.17) is 5.73 Å². The van der Waals surface area contributed by atoms with Crippen LogP contribution in [0.4, 0.5) is 0 Å². The molecule has 1 aliphatic rings. The van der Waals surface area contributed by atoms with Crippen molar-refractivity contribution in [2.45, 2.75) is 39.4 Å². The lowest BCUT2D eigenvalue weighted by atomic mass is 9.92. The van der Waals surface area contributed by atoms with Gasteiger partial charge in [-0.3, -0.25) is 9.58 Å². The largest absolute Gasteiger partial charge is 0.329 e. The zero-order valence-electron chi connectivity index (χ0n) is 12.9. The average Bonchev–Trinajstić information content (AvgIpc) is 2.86. The molecule has 112 valence electrons. The molecule has 2 N–H and O–H groups in total. The van der Waals surface area contributed by atoms with Gasteiger partial charge >= 0.3 is 0 Å². The van der Waals surface area contributed by atoms with Crippen LogP contribution in [0.1, 0.15) is 35.5 Å². The smallest absolute Gasteiger partial charge is 0.0597 e. The van der Waals surface area contributed by atoms with E-state index < -0.39 is 0 Å². The molecule has 2 heterocycles. The number of benzene rings is 1. The monoisotopic (exact) mass is 284 g/mol. The Bertz CT molecular complexity index is 617. The Morgan fingerprint density at radius 1 is 1.33 bits per heavy atom. The quantitative estimate of drug-likeness (QED) is 0.937. The Labute approximate surface area is 126 Å². The molecule has 3 rings (SSSR count). The number of rotatable bonds is 4. The molecule has 4 nitrogen and oxygen atoms in total. The van der Waals surface area contributed by atoms with Crippen molar-refractivity contribution in [1.29, 1.82) is 0 Å². The normalized spacial score (nSPS) is 18.7. The maximum atomic E-state index is 6.07. The summed E-state index contributed by atoms with van der Waals surface area (Å²) in [4.78, 5) is 2.49. The van der Waals surface area contributed by atoms with Gasteiger partial charge in [0.05, 0.1) is 11.4 Å². The maximum Gasteiger partial charge on any atom is 0.0597 e. The lowest BCUT2D eigenvalue weighted by Gasteiger charge is -2.36. The molecule has 0 spiro atoms. The molecule has 0 radical (unpaired) electrons. The summed E-state index contributed by atoms with van der Waals surface area (Å²) in [5, 5.41) is 4.55. The molecule has 1 aliphatic heterocycles. The Morgan fingerprint density at radius 2 is 2.14 bits per heavy atom. The van der Waals surface area contributed by atoms with Gasteiger partial charge in [-0.25, -0.2) is 0 Å². The second-order valence-corrected chi connectivity index (χ2v) is 5.76. The fourth-order valence-corrected chi connectivity index (χ4v) is 3.38. The Balaban J connectivity index is 1.86. The highest BCUT2D eigenvalue weighted by Gasteiger charge is 2.26. The number of hydrogen-bond acceptors (Lipinski definition) is 3. The van der Waals surface area contributed by atoms with Crippen LogP contribution in [0.5, 0.6) is 0 Å². The van der Waals surface area contributed by atoms with Crippen molar-refractivity contribution < 1.29 is 0 Å². The molecule has 0 fully saturated rings. The molecule has 0 bridgehead atoms. The number of hydrogen-bond donors (Lipinski definition) is 1. The van der Waals surface area contributed by atoms with Gasteiger partial charge < -0.3 is 5.73 Å². The summed E-state index contributed by atoms with van der Waals surface area (Å²) in [7, 11) is 0. The summed E-state index contributed by atoms with van der Waals surface area (Å²) in [6, 6.07) is 11.2. The van der Waals surface area contributed by atoms with E-state index in [1.807, 2.05) is 0 Å². The van der Waals surface area contributed by atoms with E-state index in [0.717, 1.165) is 31.7 Å². The summed E-state index contributed by atoms with van der Waals surface area (Å²) < 4.78 is 2.10. The van der Waals surface area contributed by atoms with Gasteiger partial charge in [-0.15, -0.1) is 0 Å². The molecule has 2 aromatic rings. The van der Waals surface area contributed by atoms with Gasteiger partial charge in [-0.1, -0.05) is 24.3 Å². The predicted molar refractivity (Wildman–Crippen MR) is 85.0 cm³/mol. The van der Waals surface area contributed by atoms with E-state index in [0.29, 0.717) is 12.6 Å². The molecule has 0 aliphatic carbocycles. The Kier molecular flexibility index (Phi) is 4.08. The molecule has 0 amide bonds. The lowest BCUT2D eigenvalue weighted by molar-refractivity contribution is 0.175. The first kappa shape index (κ1) is 14.3. The highest BCUT2D eigenvalue weighted by molar-refractivity contribution is 5.33. The molecular formula is C17H24N4. The van der Waals surface area contributed by atoms with Crippen LogP contribution in [0, 0.1) is 6.92 Å². The SMILES string of the molecule is CCn1nc(C)cc1CN1CCc2ccccc2C1CN. The fraction of sp³-hybridized carbons (Fsp3) is 0.471. The predicted octanol–water partition coefficient (Wildman–Crippen LogP) is 2.27. The molecule has 1 aromatic heterocycles. The number of nitrogens with zero attached hydrogens (tertiary/aromatic N) is 3. The summed E-state index contributed by atoms with van der Waals surface area (Å²) >= 11 is 0. The summed E-state index contributed by atoms with van der Waals surface area (Å²) in [5.41, 5.74) is 11.3. The van der Waals surface area contributed by atoms with Crippen molar-refractivity contribution in [1.82, 2.24) is 14.7 Å². The van der Waals surface area contributed by atoms with Crippen LogP contribution < -0.4 is 5.73 Å². The highest BCUT2D eigenvalue weighted by atomic mass is 15.3. The van der Waals surface area contributed by atoms with E-state index in [1.54, 1.807) is 0 Å². The molecule has 1 unspecified atom stereocenters. The van der Waals surface area contributed by atoms with Crippen LogP contribution in [0.25, 0.3) is 0 Å². The van der Waals surface area contributed by atoms with E-state index in [2.05, 4.69) is 58.9 Å². The van der Waals surface area contributed by atoms with Crippen LogP contribution >= 0.6 is 0 Å². The maximum absolute atomic E-state index is 6.07. The summed E-state index contributed by atoms with van der Waals surface area (Å²) in [6.45, 7) is 7.76. The van der Waals surface area contributed by atoms with E-state index in [9.17, 15) is 0 Å². The zero-order chi connectivity index (χ0) is 14.8. The van der Waals surface area contributed by atoms with E-state index in [-0.39, 0.29) is 0 Å². The zero-order valence-corrected chi connectivity index (χ0v) is 12.9. The first-order valence-corrected chi connectivity index (χ1v) is 7.78. The second kappa shape index (κ2) is 6.00. The number of fused-ring (bicyclic) bond motifs is 1. The summed E-state index contributed by atoms with van der Waals surface area (Å²) in [6.07, 6.45) is 1.10. The van der Waals surface area contributed by atoms with Gasteiger partial charge in [0.2, 0.25) is 0 Å². The van der Waals surface area contributed by atoms with Gasteiger partial charge in [-0.05, 0) is 37.5 Å². The molecule has 0 saturated heterocycles. The molecule has 1 aromatic carbocycles. The van der Waals surface area contributed by atoms with Crippen LogP contribution in [0.15, 0.2) is 30.3 Å². The standard InChI is InChI=1S/C17H24N4/c1-3-21-15(10-13(2)19-21)12-20-9-8-14-6-4-5-7-16(14)17(20)11-18/h4-7,10,17H,3,8-9,11-12,18H2,1-2H3. The molecule has 1 atom stereocenters. The van der Waals surface area contributed by atoms with Gasteiger partial charge in [0, 0.05) is 32.2 Å². The summed E-state index contributed by atoms with van der Waals surface area (Å²) in [5.74, 6) is 0. The number of nitrogens with two attached hydrogens (primary N) is 1. The molecular weight excluding hydrogens is 260 g/mol. The van der Waals surface area contributed by atoms with Crippen molar-refractivity contribution >= 4 is 0 Å². The van der Waals surface area contributed by atoms with Crippen LogP contribution in [0.3, 0.4) is 0 Å². The first-order chi connectivity index (χ1) is 10.2. The van der Waals surface area contributed by atoms with Gasteiger partial charge in [0.1, 0.15) is 0 Å². The molecule has 21 heavy (non-hydrogen) atoms. The van der Waals surface area contributed by atoms with Crippen molar-refractivity contribution in [2.75, 3.05) is 13.1 Å². The Hall–Kier alpha value is -1.65. The van der Waals surface area contributed by atoms with E-state index >= 15 is 0 Å². The van der Waals surface area contributed by atoms with Crippen molar-refractivity contribution in [3.8, 4) is 0 Å². The van der Waals surface area contributed by atoms with Gasteiger partial charge in [0.25, 0.3) is 0 Å². The van der Waals surface area contributed by atoms with Crippen molar-refractivity contribution in [2.24, 2.45) is 5.73 Å². The molecule has 0 saturated carbocycles. The Morgan fingerprint density at radius 3 is 2.90 bits per heavy atom. The van der Waals surface area contributed by atoms with Gasteiger partial charge in [-0.2, -0.15) is 5.10 Å². The minimum absolute atomic E-state index is 0.315. The second-order valence-electron chi connectivity index (χ2n) is 5.76. The van der Waals surface area contributed by atoms with Crippen LogP contribution in [-0.2, 0) is 19.5 Å². The fourth-order valence-electron chi connectivity index (χ4n) is 3.38. The third kappa shape index (κ3) is 2.74.